The number of rotatable bonds is 5. The van der Waals surface area contributed by atoms with E-state index in [1.54, 1.807) is 22.6 Å². The molecule has 0 aliphatic carbocycles. The standard InChI is InChI=1S/C15H25N3O2S/c1-3-9-16-14-7-4-10-17-15(14)21(19,20)18-11-5-6-13(2)8-12-18/h4,7,10,13,16H,3,5-6,8-9,11-12H2,1-2H3. The molecule has 2 heterocycles. The fraction of sp³-hybridized carbons (Fsp3) is 0.667. The molecule has 0 radical (unpaired) electrons. The van der Waals surface area contributed by atoms with Crippen LogP contribution in [-0.4, -0.2) is 37.3 Å². The second-order valence-corrected chi connectivity index (χ2v) is 7.58. The SMILES string of the molecule is CCCNc1cccnc1S(=O)(=O)N1CCCC(C)CC1. The summed E-state index contributed by atoms with van der Waals surface area (Å²) in [4.78, 5) is 4.14. The third kappa shape index (κ3) is 3.95. The van der Waals surface area contributed by atoms with Crippen LogP contribution >= 0.6 is 0 Å². The molecule has 118 valence electrons. The molecule has 2 rings (SSSR count). The third-order valence-corrected chi connectivity index (χ3v) is 5.76. The van der Waals surface area contributed by atoms with Gasteiger partial charge in [0.2, 0.25) is 0 Å². The fourth-order valence-electron chi connectivity index (χ4n) is 2.59. The molecule has 1 saturated heterocycles. The highest BCUT2D eigenvalue weighted by Crippen LogP contribution is 2.26. The molecule has 1 aromatic heterocycles. The Morgan fingerprint density at radius 3 is 2.95 bits per heavy atom. The van der Waals surface area contributed by atoms with Gasteiger partial charge in [0, 0.05) is 25.8 Å². The lowest BCUT2D eigenvalue weighted by atomic mass is 10.0. The van der Waals surface area contributed by atoms with Crippen LogP contribution in [0.25, 0.3) is 0 Å². The topological polar surface area (TPSA) is 62.3 Å². The van der Waals surface area contributed by atoms with Crippen molar-refractivity contribution in [3.8, 4) is 0 Å². The molecule has 6 heteroatoms. The van der Waals surface area contributed by atoms with Gasteiger partial charge in [-0.25, -0.2) is 13.4 Å². The van der Waals surface area contributed by atoms with Crippen LogP contribution in [0.3, 0.4) is 0 Å². The minimum absolute atomic E-state index is 0.160. The summed E-state index contributed by atoms with van der Waals surface area (Å²) < 4.78 is 27.3. The van der Waals surface area contributed by atoms with Crippen LogP contribution in [0.1, 0.15) is 39.5 Å². The highest BCUT2D eigenvalue weighted by molar-refractivity contribution is 7.89. The van der Waals surface area contributed by atoms with Gasteiger partial charge >= 0.3 is 0 Å². The van der Waals surface area contributed by atoms with Crippen molar-refractivity contribution in [3.63, 3.8) is 0 Å². The minimum Gasteiger partial charge on any atom is -0.383 e. The smallest absolute Gasteiger partial charge is 0.262 e. The zero-order chi connectivity index (χ0) is 15.3. The molecule has 1 aliphatic heterocycles. The van der Waals surface area contributed by atoms with E-state index in [2.05, 4.69) is 17.2 Å². The predicted molar refractivity (Wildman–Crippen MR) is 84.8 cm³/mol. The lowest BCUT2D eigenvalue weighted by Gasteiger charge is -2.21. The first-order valence-corrected chi connectivity index (χ1v) is 9.18. The van der Waals surface area contributed by atoms with Crippen LogP contribution in [0.5, 0.6) is 0 Å². The quantitative estimate of drug-likeness (QED) is 0.908. The Kier molecular flexibility index (Phi) is 5.58. The van der Waals surface area contributed by atoms with E-state index in [-0.39, 0.29) is 5.03 Å². The number of anilines is 1. The number of pyridine rings is 1. The Labute approximate surface area is 127 Å². The summed E-state index contributed by atoms with van der Waals surface area (Å²) in [6, 6.07) is 3.55. The molecule has 1 aromatic rings. The van der Waals surface area contributed by atoms with Gasteiger partial charge in [-0.3, -0.25) is 0 Å². The monoisotopic (exact) mass is 311 g/mol. The summed E-state index contributed by atoms with van der Waals surface area (Å²) in [6.07, 6.45) is 5.42. The van der Waals surface area contributed by atoms with Gasteiger partial charge in [0.05, 0.1) is 5.69 Å². The third-order valence-electron chi connectivity index (χ3n) is 3.90. The number of hydrogen-bond acceptors (Lipinski definition) is 4. The van der Waals surface area contributed by atoms with Crippen LogP contribution in [0.15, 0.2) is 23.4 Å². The average Bonchev–Trinajstić information content (AvgIpc) is 2.70. The van der Waals surface area contributed by atoms with E-state index in [1.165, 1.54) is 0 Å². The first-order valence-electron chi connectivity index (χ1n) is 7.74. The van der Waals surface area contributed by atoms with E-state index in [0.717, 1.165) is 32.2 Å². The van der Waals surface area contributed by atoms with Gasteiger partial charge < -0.3 is 5.32 Å². The lowest BCUT2D eigenvalue weighted by Crippen LogP contribution is -2.33. The summed E-state index contributed by atoms with van der Waals surface area (Å²) in [5, 5.41) is 3.32. The highest BCUT2D eigenvalue weighted by atomic mass is 32.2. The maximum Gasteiger partial charge on any atom is 0.262 e. The van der Waals surface area contributed by atoms with Gasteiger partial charge in [-0.15, -0.1) is 0 Å². The Balaban J connectivity index is 2.26. The highest BCUT2D eigenvalue weighted by Gasteiger charge is 2.29. The van der Waals surface area contributed by atoms with Crippen molar-refractivity contribution < 1.29 is 8.42 Å². The lowest BCUT2D eigenvalue weighted by molar-refractivity contribution is 0.415. The normalized spacial score (nSPS) is 21.0. The van der Waals surface area contributed by atoms with Gasteiger partial charge in [0.15, 0.2) is 5.03 Å². The molecule has 1 aliphatic rings. The molecule has 0 spiro atoms. The molecule has 0 amide bonds. The molecule has 1 unspecified atom stereocenters. The van der Waals surface area contributed by atoms with Gasteiger partial charge in [-0.2, -0.15) is 4.31 Å². The summed E-state index contributed by atoms with van der Waals surface area (Å²) in [5.41, 5.74) is 0.608. The molecular weight excluding hydrogens is 286 g/mol. The van der Waals surface area contributed by atoms with Crippen LogP contribution < -0.4 is 5.32 Å². The van der Waals surface area contributed by atoms with Gasteiger partial charge in [-0.1, -0.05) is 13.8 Å². The summed E-state index contributed by atoms with van der Waals surface area (Å²) in [6.45, 7) is 6.16. The summed E-state index contributed by atoms with van der Waals surface area (Å²) in [7, 11) is -3.51. The van der Waals surface area contributed by atoms with Crippen LogP contribution in [-0.2, 0) is 10.0 Å². The average molecular weight is 311 g/mol. The van der Waals surface area contributed by atoms with Crippen LogP contribution in [0.2, 0.25) is 0 Å². The van der Waals surface area contributed by atoms with Gasteiger partial charge in [-0.05, 0) is 43.7 Å². The maximum absolute atomic E-state index is 12.9. The van der Waals surface area contributed by atoms with E-state index in [9.17, 15) is 8.42 Å². The first-order chi connectivity index (χ1) is 10.1. The zero-order valence-corrected chi connectivity index (χ0v) is 13.7. The molecule has 0 aromatic carbocycles. The van der Waals surface area contributed by atoms with Crippen molar-refractivity contribution >= 4 is 15.7 Å². The van der Waals surface area contributed by atoms with Gasteiger partial charge in [0.1, 0.15) is 0 Å². The number of hydrogen-bond donors (Lipinski definition) is 1. The Morgan fingerprint density at radius 2 is 2.19 bits per heavy atom. The number of sulfonamides is 1. The number of nitrogens with one attached hydrogen (secondary N) is 1. The molecule has 0 saturated carbocycles. The molecule has 1 atom stereocenters. The first kappa shape index (κ1) is 16.2. The molecule has 5 nitrogen and oxygen atoms in total. The van der Waals surface area contributed by atoms with Crippen molar-refractivity contribution in [1.29, 1.82) is 0 Å². The predicted octanol–water partition coefficient (Wildman–Crippen LogP) is 2.71. The van der Waals surface area contributed by atoms with Crippen molar-refractivity contribution in [2.75, 3.05) is 25.0 Å². The van der Waals surface area contributed by atoms with Crippen LogP contribution in [0.4, 0.5) is 5.69 Å². The van der Waals surface area contributed by atoms with E-state index < -0.39 is 10.0 Å². The second-order valence-electron chi connectivity index (χ2n) is 5.72. The van der Waals surface area contributed by atoms with Crippen LogP contribution in [0, 0.1) is 5.92 Å². The minimum atomic E-state index is -3.51. The molecule has 0 bridgehead atoms. The Morgan fingerprint density at radius 1 is 1.38 bits per heavy atom. The van der Waals surface area contributed by atoms with E-state index in [4.69, 9.17) is 0 Å². The fourth-order valence-corrected chi connectivity index (χ4v) is 4.16. The van der Waals surface area contributed by atoms with E-state index >= 15 is 0 Å². The number of nitrogens with zero attached hydrogens (tertiary/aromatic N) is 2. The Hall–Kier alpha value is -1.14. The summed E-state index contributed by atoms with van der Waals surface area (Å²) >= 11 is 0. The molecule has 1 fully saturated rings. The Bertz CT molecular complexity index is 560. The van der Waals surface area contributed by atoms with E-state index in [0.29, 0.717) is 24.7 Å². The largest absolute Gasteiger partial charge is 0.383 e. The van der Waals surface area contributed by atoms with Crippen molar-refractivity contribution in [1.82, 2.24) is 9.29 Å². The van der Waals surface area contributed by atoms with Crippen molar-refractivity contribution in [2.45, 2.75) is 44.6 Å². The van der Waals surface area contributed by atoms with Crippen molar-refractivity contribution in [2.24, 2.45) is 5.92 Å². The molecule has 21 heavy (non-hydrogen) atoms. The van der Waals surface area contributed by atoms with Crippen molar-refractivity contribution in [3.05, 3.63) is 18.3 Å². The molecular formula is C15H25N3O2S. The van der Waals surface area contributed by atoms with E-state index in [1.807, 2.05) is 6.92 Å². The maximum atomic E-state index is 12.9. The molecule has 1 N–H and O–H groups in total. The number of aromatic nitrogens is 1. The summed E-state index contributed by atoms with van der Waals surface area (Å²) in [5.74, 6) is 0.589. The zero-order valence-electron chi connectivity index (χ0n) is 12.9. The second kappa shape index (κ2) is 7.22. The van der Waals surface area contributed by atoms with Gasteiger partial charge in [0.25, 0.3) is 10.0 Å².